The molecule has 0 saturated carbocycles. The molecule has 1 unspecified atom stereocenters. The molecule has 3 fully saturated rings. The molecule has 4 aromatic rings. The SMILES string of the molecule is CC(C)(C)c1ccc(N2[C@H](c3ccc(NC(=O)C4CCCN4)cc3)CC[C@H]2c2ccc3nc([C@@H]4CCCN4)[nH]c3c2)cc1. The molecule has 43 heavy (non-hydrogen) atoms. The van der Waals surface area contributed by atoms with Gasteiger partial charge in [0.05, 0.1) is 35.2 Å². The maximum atomic E-state index is 12.7. The lowest BCUT2D eigenvalue weighted by Crippen LogP contribution is -2.35. The molecule has 7 rings (SSSR count). The molecule has 3 aromatic carbocycles. The minimum atomic E-state index is -0.0838. The molecule has 7 heteroatoms. The summed E-state index contributed by atoms with van der Waals surface area (Å²) in [6.45, 7) is 8.77. The molecular weight excluding hydrogens is 532 g/mol. The standard InChI is InChI=1S/C36H44N6O/c1-36(2,3)25-11-15-27(16-12-25)42-32(23-8-13-26(14-9-23)39-35(43)30-7-5-21-38-30)18-19-33(42)24-10-17-28-31(22-24)41-34(40-28)29-6-4-20-37-29/h8-17,22,29-30,32-33,37-38H,4-7,18-21H2,1-3H3,(H,39,43)(H,40,41)/t29-,30?,32-,33-/m0/s1. The fraction of sp³-hybridized carbons (Fsp3) is 0.444. The number of nitrogens with zero attached hydrogens (tertiary/aromatic N) is 2. The second-order valence-electron chi connectivity index (χ2n) is 13.6. The molecule has 3 aliphatic rings. The Morgan fingerprint density at radius 3 is 2.21 bits per heavy atom. The number of aromatic amines is 1. The van der Waals surface area contributed by atoms with Gasteiger partial charge in [-0.1, -0.05) is 51.1 Å². The van der Waals surface area contributed by atoms with E-state index in [0.29, 0.717) is 6.04 Å². The minimum Gasteiger partial charge on any atom is -0.357 e. The predicted molar refractivity (Wildman–Crippen MR) is 175 cm³/mol. The van der Waals surface area contributed by atoms with Crippen LogP contribution in [0.15, 0.2) is 66.7 Å². The molecule has 4 atom stereocenters. The topological polar surface area (TPSA) is 85.1 Å². The first-order valence-electron chi connectivity index (χ1n) is 16.1. The highest BCUT2D eigenvalue weighted by molar-refractivity contribution is 5.95. The van der Waals surface area contributed by atoms with Crippen LogP contribution in [0.3, 0.4) is 0 Å². The smallest absolute Gasteiger partial charge is 0.241 e. The Hall–Kier alpha value is -3.68. The Bertz CT molecular complexity index is 1570. The van der Waals surface area contributed by atoms with Gasteiger partial charge in [-0.25, -0.2) is 4.98 Å². The van der Waals surface area contributed by atoms with E-state index in [4.69, 9.17) is 4.98 Å². The average molecular weight is 577 g/mol. The number of rotatable bonds is 6. The maximum absolute atomic E-state index is 12.7. The summed E-state index contributed by atoms with van der Waals surface area (Å²) in [6.07, 6.45) is 6.41. The molecule has 1 aromatic heterocycles. The molecule has 0 aliphatic carbocycles. The van der Waals surface area contributed by atoms with Crippen LogP contribution in [0.25, 0.3) is 11.0 Å². The molecule has 3 aliphatic heterocycles. The van der Waals surface area contributed by atoms with E-state index in [1.54, 1.807) is 0 Å². The van der Waals surface area contributed by atoms with Crippen molar-refractivity contribution in [1.82, 2.24) is 20.6 Å². The third-order valence-electron chi connectivity index (χ3n) is 9.66. The summed E-state index contributed by atoms with van der Waals surface area (Å²) < 4.78 is 0. The van der Waals surface area contributed by atoms with Crippen molar-refractivity contribution in [1.29, 1.82) is 0 Å². The number of carbonyl (C=O) groups excluding carboxylic acids is 1. The Morgan fingerprint density at radius 2 is 1.53 bits per heavy atom. The fourth-order valence-electron chi connectivity index (χ4n) is 7.22. The van der Waals surface area contributed by atoms with Gasteiger partial charge in [0.25, 0.3) is 0 Å². The minimum absolute atomic E-state index is 0.0628. The molecular formula is C36H44N6O. The number of imidazole rings is 1. The van der Waals surface area contributed by atoms with Crippen molar-refractivity contribution in [2.75, 3.05) is 23.3 Å². The molecule has 4 heterocycles. The van der Waals surface area contributed by atoms with Crippen LogP contribution in [0.5, 0.6) is 0 Å². The highest BCUT2D eigenvalue weighted by Gasteiger charge is 2.36. The van der Waals surface area contributed by atoms with Gasteiger partial charge in [0.1, 0.15) is 5.82 Å². The highest BCUT2D eigenvalue weighted by Crippen LogP contribution is 2.47. The van der Waals surface area contributed by atoms with Gasteiger partial charge in [0.2, 0.25) is 5.91 Å². The summed E-state index contributed by atoms with van der Waals surface area (Å²) in [6, 6.07) is 25.2. The van der Waals surface area contributed by atoms with Crippen LogP contribution in [0.1, 0.15) is 99.9 Å². The largest absolute Gasteiger partial charge is 0.357 e. The molecule has 224 valence electrons. The first-order valence-corrected chi connectivity index (χ1v) is 16.1. The Morgan fingerprint density at radius 1 is 0.837 bits per heavy atom. The van der Waals surface area contributed by atoms with Crippen molar-refractivity contribution < 1.29 is 4.79 Å². The van der Waals surface area contributed by atoms with E-state index in [0.717, 1.165) is 67.7 Å². The van der Waals surface area contributed by atoms with Crippen LogP contribution >= 0.6 is 0 Å². The van der Waals surface area contributed by atoms with Gasteiger partial charge in [-0.15, -0.1) is 0 Å². The summed E-state index contributed by atoms with van der Waals surface area (Å²) in [5.41, 5.74) is 8.29. The van der Waals surface area contributed by atoms with Gasteiger partial charge in [-0.05, 0) is 110 Å². The van der Waals surface area contributed by atoms with Crippen LogP contribution in [-0.2, 0) is 10.2 Å². The summed E-state index contributed by atoms with van der Waals surface area (Å²) in [4.78, 5) is 23.8. The zero-order valence-electron chi connectivity index (χ0n) is 25.6. The normalized spacial score (nSPS) is 24.2. The number of aromatic nitrogens is 2. The number of benzene rings is 3. The highest BCUT2D eigenvalue weighted by atomic mass is 16.2. The number of fused-ring (bicyclic) bond motifs is 1. The fourth-order valence-corrected chi connectivity index (χ4v) is 7.22. The van der Waals surface area contributed by atoms with Crippen LogP contribution < -0.4 is 20.9 Å². The Kier molecular flexibility index (Phi) is 7.48. The van der Waals surface area contributed by atoms with Crippen LogP contribution in [-0.4, -0.2) is 35.0 Å². The zero-order valence-corrected chi connectivity index (χ0v) is 25.6. The number of anilines is 2. The van der Waals surface area contributed by atoms with Crippen molar-refractivity contribution in [3.8, 4) is 0 Å². The summed E-state index contributed by atoms with van der Waals surface area (Å²) in [5.74, 6) is 1.12. The van der Waals surface area contributed by atoms with Crippen molar-refractivity contribution >= 4 is 28.3 Å². The van der Waals surface area contributed by atoms with Crippen LogP contribution in [0.4, 0.5) is 11.4 Å². The molecule has 3 saturated heterocycles. The van der Waals surface area contributed by atoms with Gasteiger partial charge >= 0.3 is 0 Å². The van der Waals surface area contributed by atoms with Crippen LogP contribution in [0, 0.1) is 0 Å². The number of nitrogens with one attached hydrogen (secondary N) is 4. The summed E-state index contributed by atoms with van der Waals surface area (Å²) in [5, 5.41) is 9.97. The Balaban J connectivity index is 1.19. The van der Waals surface area contributed by atoms with Gasteiger partial charge in [-0.2, -0.15) is 0 Å². The lowest BCUT2D eigenvalue weighted by molar-refractivity contribution is -0.117. The van der Waals surface area contributed by atoms with Crippen LogP contribution in [0.2, 0.25) is 0 Å². The van der Waals surface area contributed by atoms with Crippen molar-refractivity contribution in [3.63, 3.8) is 0 Å². The van der Waals surface area contributed by atoms with E-state index in [9.17, 15) is 4.79 Å². The molecule has 4 N–H and O–H groups in total. The average Bonchev–Trinajstić information content (AvgIpc) is 3.83. The quantitative estimate of drug-likeness (QED) is 0.198. The summed E-state index contributed by atoms with van der Waals surface area (Å²) >= 11 is 0. The monoisotopic (exact) mass is 576 g/mol. The van der Waals surface area contributed by atoms with Gasteiger partial charge in [0.15, 0.2) is 0 Å². The Labute approximate surface area is 254 Å². The maximum Gasteiger partial charge on any atom is 0.241 e. The third-order valence-corrected chi connectivity index (χ3v) is 9.66. The van der Waals surface area contributed by atoms with Crippen molar-refractivity contribution in [2.45, 2.75) is 88.9 Å². The lowest BCUT2D eigenvalue weighted by atomic mass is 9.87. The van der Waals surface area contributed by atoms with Gasteiger partial charge in [0, 0.05) is 11.4 Å². The van der Waals surface area contributed by atoms with E-state index < -0.39 is 0 Å². The lowest BCUT2D eigenvalue weighted by Gasteiger charge is -2.34. The van der Waals surface area contributed by atoms with E-state index in [-0.39, 0.29) is 29.4 Å². The molecule has 0 spiro atoms. The number of hydrogen-bond acceptors (Lipinski definition) is 5. The van der Waals surface area contributed by atoms with E-state index in [2.05, 4.69) is 113 Å². The van der Waals surface area contributed by atoms with Crippen molar-refractivity contribution in [3.05, 3.63) is 89.2 Å². The second kappa shape index (κ2) is 11.4. The zero-order chi connectivity index (χ0) is 29.6. The third kappa shape index (κ3) is 5.68. The van der Waals surface area contributed by atoms with Gasteiger partial charge < -0.3 is 25.8 Å². The first kappa shape index (κ1) is 28.1. The number of carbonyl (C=O) groups is 1. The molecule has 0 bridgehead atoms. The summed E-state index contributed by atoms with van der Waals surface area (Å²) in [7, 11) is 0. The number of amides is 1. The van der Waals surface area contributed by atoms with E-state index >= 15 is 0 Å². The molecule has 7 nitrogen and oxygen atoms in total. The second-order valence-corrected chi connectivity index (χ2v) is 13.6. The predicted octanol–water partition coefficient (Wildman–Crippen LogP) is 7.06. The number of hydrogen-bond donors (Lipinski definition) is 4. The van der Waals surface area contributed by atoms with Crippen molar-refractivity contribution in [2.24, 2.45) is 0 Å². The first-order chi connectivity index (χ1) is 20.8. The van der Waals surface area contributed by atoms with Gasteiger partial charge in [-0.3, -0.25) is 4.79 Å². The number of H-pyrrole nitrogens is 1. The molecule has 0 radical (unpaired) electrons. The van der Waals surface area contributed by atoms with E-state index in [1.807, 2.05) is 0 Å². The van der Waals surface area contributed by atoms with E-state index in [1.165, 1.54) is 28.8 Å². The molecule has 1 amide bonds.